The van der Waals surface area contributed by atoms with Gasteiger partial charge in [-0.05, 0) is 155 Å². The molecule has 13 aromatic rings. The highest BCUT2D eigenvalue weighted by molar-refractivity contribution is 6.07. The Morgan fingerprint density at radius 3 is 1.41 bits per heavy atom. The third-order valence-corrected chi connectivity index (χ3v) is 14.9. The van der Waals surface area contributed by atoms with Crippen LogP contribution >= 0.6 is 0 Å². The lowest BCUT2D eigenvalue weighted by molar-refractivity contribution is 0.669. The molecule has 12 aromatic carbocycles. The normalized spacial score (nSPS) is 12.6. The van der Waals surface area contributed by atoms with E-state index >= 15 is 0 Å². The van der Waals surface area contributed by atoms with Crippen LogP contribution in [0.25, 0.3) is 88.0 Å². The fourth-order valence-corrected chi connectivity index (χ4v) is 11.5. The molecule has 0 saturated heterocycles. The molecule has 2 nitrogen and oxygen atoms in total. The predicted molar refractivity (Wildman–Crippen MR) is 297 cm³/mol. The molecule has 0 fully saturated rings. The zero-order chi connectivity index (χ0) is 46.9. The van der Waals surface area contributed by atoms with Gasteiger partial charge in [-0.1, -0.05) is 206 Å². The summed E-state index contributed by atoms with van der Waals surface area (Å²) in [6, 6.07) is 99.9. The predicted octanol–water partition coefficient (Wildman–Crippen LogP) is 18.7. The molecule has 0 radical (unpaired) electrons. The summed E-state index contributed by atoms with van der Waals surface area (Å²) < 4.78 is 6.35. The summed E-state index contributed by atoms with van der Waals surface area (Å²) in [7, 11) is 0. The van der Waals surface area contributed by atoms with E-state index in [0.29, 0.717) is 0 Å². The molecular weight excluding hydrogens is 859 g/mol. The molecule has 0 atom stereocenters. The molecule has 0 N–H and O–H groups in total. The van der Waals surface area contributed by atoms with Gasteiger partial charge >= 0.3 is 0 Å². The Hall–Kier alpha value is -9.24. The topological polar surface area (TPSA) is 16.4 Å². The van der Waals surface area contributed by atoms with Gasteiger partial charge in [-0.15, -0.1) is 0 Å². The minimum absolute atomic E-state index is 0.522. The van der Waals surface area contributed by atoms with Gasteiger partial charge in [0.1, 0.15) is 11.2 Å². The molecule has 1 heterocycles. The van der Waals surface area contributed by atoms with E-state index in [9.17, 15) is 0 Å². The third kappa shape index (κ3) is 6.71. The maximum Gasteiger partial charge on any atom is 0.135 e. The Morgan fingerprint density at radius 2 is 0.718 bits per heavy atom. The van der Waals surface area contributed by atoms with Crippen molar-refractivity contribution in [3.8, 4) is 44.5 Å². The van der Waals surface area contributed by atoms with Crippen LogP contribution in [0.2, 0.25) is 0 Å². The van der Waals surface area contributed by atoms with Crippen molar-refractivity contribution in [3.63, 3.8) is 0 Å². The number of para-hydroxylation sites is 1. The lowest BCUT2D eigenvalue weighted by Crippen LogP contribution is -2.28. The largest absolute Gasteiger partial charge is 0.456 e. The van der Waals surface area contributed by atoms with E-state index in [2.05, 4.69) is 266 Å². The number of anilines is 3. The van der Waals surface area contributed by atoms with Crippen molar-refractivity contribution in [2.45, 2.75) is 5.41 Å². The first-order valence-electron chi connectivity index (χ1n) is 24.5. The second-order valence-electron chi connectivity index (χ2n) is 18.8. The number of nitrogens with zero attached hydrogens (tertiary/aromatic N) is 1. The monoisotopic (exact) mass is 903 g/mol. The molecule has 14 rings (SSSR count). The van der Waals surface area contributed by atoms with E-state index < -0.39 is 5.41 Å². The second-order valence-corrected chi connectivity index (χ2v) is 18.8. The van der Waals surface area contributed by atoms with Crippen molar-refractivity contribution in [2.24, 2.45) is 0 Å². The van der Waals surface area contributed by atoms with E-state index in [-0.39, 0.29) is 0 Å². The molecule has 0 amide bonds. The maximum absolute atomic E-state index is 6.35. The van der Waals surface area contributed by atoms with Crippen LogP contribution in [0.5, 0.6) is 0 Å². The number of furan rings is 1. The molecule has 1 aliphatic rings. The minimum Gasteiger partial charge on any atom is -0.456 e. The van der Waals surface area contributed by atoms with Crippen LogP contribution < -0.4 is 4.90 Å². The third-order valence-electron chi connectivity index (χ3n) is 14.9. The second kappa shape index (κ2) is 16.5. The first-order valence-corrected chi connectivity index (χ1v) is 24.5. The molecule has 0 aliphatic heterocycles. The highest BCUT2D eigenvalue weighted by Crippen LogP contribution is 2.57. The van der Waals surface area contributed by atoms with Crippen molar-refractivity contribution >= 4 is 60.5 Å². The number of hydrogen-bond acceptors (Lipinski definition) is 2. The van der Waals surface area contributed by atoms with E-state index in [4.69, 9.17) is 4.42 Å². The van der Waals surface area contributed by atoms with Crippen molar-refractivity contribution in [1.29, 1.82) is 0 Å². The molecule has 0 spiro atoms. The van der Waals surface area contributed by atoms with Gasteiger partial charge in [0.2, 0.25) is 0 Å². The van der Waals surface area contributed by atoms with E-state index in [1.165, 1.54) is 82.7 Å². The Kier molecular flexibility index (Phi) is 9.47. The molecule has 71 heavy (non-hydrogen) atoms. The van der Waals surface area contributed by atoms with E-state index in [1.807, 2.05) is 12.1 Å². The minimum atomic E-state index is -0.522. The van der Waals surface area contributed by atoms with Gasteiger partial charge in [0.15, 0.2) is 0 Å². The number of benzene rings is 12. The van der Waals surface area contributed by atoms with Crippen LogP contribution in [0.3, 0.4) is 0 Å². The zero-order valence-corrected chi connectivity index (χ0v) is 38.8. The summed E-state index contributed by atoms with van der Waals surface area (Å²) in [5.74, 6) is 0. The summed E-state index contributed by atoms with van der Waals surface area (Å²) >= 11 is 0. The zero-order valence-electron chi connectivity index (χ0n) is 38.8. The van der Waals surface area contributed by atoms with Crippen LogP contribution in [0, 0.1) is 0 Å². The van der Waals surface area contributed by atoms with Gasteiger partial charge in [-0.3, -0.25) is 0 Å². The first kappa shape index (κ1) is 40.8. The van der Waals surface area contributed by atoms with Crippen molar-refractivity contribution < 1.29 is 4.42 Å². The average molecular weight is 904 g/mol. The SMILES string of the molecule is c1ccc(C2(c3ccccc3)c3ccccc3-c3ccc(N(c4ccc(-c5ccc(-c6ccc7cc(-c8ccc9ccccc9c8)ccc7c6)cc5)cc4)c4ccc5oc6ccccc6c5c4)cc32)cc1. The van der Waals surface area contributed by atoms with Crippen LogP contribution in [0.1, 0.15) is 22.3 Å². The molecule has 332 valence electrons. The molecule has 1 aromatic heterocycles. The summed E-state index contributed by atoms with van der Waals surface area (Å²) in [6.07, 6.45) is 0. The quantitative estimate of drug-likeness (QED) is 0.151. The van der Waals surface area contributed by atoms with Gasteiger partial charge < -0.3 is 9.32 Å². The standard InChI is InChI=1S/C69H45NO/c1-3-15-56(16-4-1)69(57-17-5-2-6-18-57)65-21-11-9-19-61(65)62-39-37-60(45-66(62)69)70(59-38-40-68-64(44-59)63-20-10-12-22-67(63)71-68)58-35-33-48(34-36-58)47-23-25-49(26-24-47)51-29-30-54-43-55(32-31-53(54)42-51)52-28-27-46-13-7-8-14-50(46)41-52/h1-45H. The maximum atomic E-state index is 6.35. The summed E-state index contributed by atoms with van der Waals surface area (Å²) in [4.78, 5) is 2.41. The molecule has 0 unspecified atom stereocenters. The number of hydrogen-bond donors (Lipinski definition) is 0. The summed E-state index contributed by atoms with van der Waals surface area (Å²) in [5.41, 5.74) is 19.2. The van der Waals surface area contributed by atoms with Gasteiger partial charge in [0.25, 0.3) is 0 Å². The lowest BCUT2D eigenvalue weighted by Gasteiger charge is -2.35. The lowest BCUT2D eigenvalue weighted by atomic mass is 9.67. The summed E-state index contributed by atoms with van der Waals surface area (Å²) in [6.45, 7) is 0. The molecule has 0 saturated carbocycles. The molecule has 1 aliphatic carbocycles. The highest BCUT2D eigenvalue weighted by Gasteiger charge is 2.46. The Bertz CT molecular complexity index is 4110. The Labute approximate surface area is 413 Å². The van der Waals surface area contributed by atoms with Gasteiger partial charge in [0, 0.05) is 27.8 Å². The number of rotatable bonds is 8. The Morgan fingerprint density at radius 1 is 0.268 bits per heavy atom. The fourth-order valence-electron chi connectivity index (χ4n) is 11.5. The summed E-state index contributed by atoms with van der Waals surface area (Å²) in [5, 5.41) is 7.19. The average Bonchev–Trinajstić information content (AvgIpc) is 3.97. The van der Waals surface area contributed by atoms with Gasteiger partial charge in [-0.25, -0.2) is 0 Å². The fraction of sp³-hybridized carbons (Fsp3) is 0.0145. The van der Waals surface area contributed by atoms with Crippen LogP contribution in [-0.2, 0) is 5.41 Å². The van der Waals surface area contributed by atoms with Gasteiger partial charge in [0.05, 0.1) is 5.41 Å². The van der Waals surface area contributed by atoms with Crippen LogP contribution in [0.4, 0.5) is 17.1 Å². The molecule has 0 bridgehead atoms. The van der Waals surface area contributed by atoms with E-state index in [1.54, 1.807) is 0 Å². The smallest absolute Gasteiger partial charge is 0.135 e. The number of fused-ring (bicyclic) bond motifs is 8. The highest BCUT2D eigenvalue weighted by atomic mass is 16.3. The van der Waals surface area contributed by atoms with Crippen LogP contribution in [0.15, 0.2) is 277 Å². The van der Waals surface area contributed by atoms with Crippen molar-refractivity contribution in [3.05, 3.63) is 295 Å². The van der Waals surface area contributed by atoms with E-state index in [0.717, 1.165) is 44.6 Å². The van der Waals surface area contributed by atoms with Crippen molar-refractivity contribution in [1.82, 2.24) is 0 Å². The molecular formula is C69H45NO. The first-order chi connectivity index (χ1) is 35.2. The Balaban J connectivity index is 0.839. The van der Waals surface area contributed by atoms with Gasteiger partial charge in [-0.2, -0.15) is 0 Å². The van der Waals surface area contributed by atoms with Crippen molar-refractivity contribution in [2.75, 3.05) is 4.90 Å². The molecule has 2 heteroatoms. The van der Waals surface area contributed by atoms with Crippen LogP contribution in [-0.4, -0.2) is 0 Å².